The maximum Gasteiger partial charge on any atom is 0.0748 e. The maximum atomic E-state index is 5.73. The highest BCUT2D eigenvalue weighted by atomic mass is 79.9. The Kier molecular flexibility index (Phi) is 6.33. The van der Waals surface area contributed by atoms with E-state index in [4.69, 9.17) is 4.74 Å². The van der Waals surface area contributed by atoms with Crippen LogP contribution in [0.2, 0.25) is 0 Å². The molecule has 1 aliphatic rings. The molecule has 1 aromatic carbocycles. The van der Waals surface area contributed by atoms with Gasteiger partial charge in [0.1, 0.15) is 0 Å². The molecule has 4 heteroatoms. The van der Waals surface area contributed by atoms with Gasteiger partial charge in [-0.3, -0.25) is 0 Å². The second kappa shape index (κ2) is 8.01. The largest absolute Gasteiger partial charge is 0.375 e. The molecule has 0 radical (unpaired) electrons. The van der Waals surface area contributed by atoms with Crippen molar-refractivity contribution in [2.75, 3.05) is 31.1 Å². The van der Waals surface area contributed by atoms with Gasteiger partial charge in [0.2, 0.25) is 0 Å². The summed E-state index contributed by atoms with van der Waals surface area (Å²) >= 11 is 3.70. The molecule has 0 spiro atoms. The van der Waals surface area contributed by atoms with Gasteiger partial charge in [0.25, 0.3) is 0 Å². The molecule has 1 unspecified atom stereocenters. The van der Waals surface area contributed by atoms with Gasteiger partial charge in [0.15, 0.2) is 0 Å². The maximum absolute atomic E-state index is 5.73. The van der Waals surface area contributed by atoms with Gasteiger partial charge in [0.05, 0.1) is 12.7 Å². The summed E-state index contributed by atoms with van der Waals surface area (Å²) in [6.07, 6.45) is 2.62. The number of nitrogens with one attached hydrogen (secondary N) is 1. The number of halogens is 1. The van der Waals surface area contributed by atoms with E-state index in [1.165, 1.54) is 22.1 Å². The summed E-state index contributed by atoms with van der Waals surface area (Å²) in [6, 6.07) is 6.69. The highest BCUT2D eigenvalue weighted by Crippen LogP contribution is 2.26. The van der Waals surface area contributed by atoms with E-state index in [1.807, 2.05) is 0 Å². The Bertz CT molecular complexity index is 425. The highest BCUT2D eigenvalue weighted by Gasteiger charge is 2.19. The van der Waals surface area contributed by atoms with Gasteiger partial charge in [-0.1, -0.05) is 35.8 Å². The molecule has 1 aliphatic heterocycles. The van der Waals surface area contributed by atoms with E-state index in [1.54, 1.807) is 0 Å². The molecule has 0 aliphatic carbocycles. The Labute approximate surface area is 130 Å². The van der Waals surface area contributed by atoms with Crippen LogP contribution in [-0.4, -0.2) is 32.3 Å². The summed E-state index contributed by atoms with van der Waals surface area (Å²) in [5.41, 5.74) is 2.61. The standard InChI is InChI=1S/C16H25BrN2O/c1-3-7-18-11-13-5-6-14(10-16(13)17)19-8-9-20-15(4-2)12-19/h5-6,10,15,18H,3-4,7-9,11-12H2,1-2H3. The number of benzene rings is 1. The van der Waals surface area contributed by atoms with Crippen LogP contribution in [0.15, 0.2) is 22.7 Å². The molecule has 1 atom stereocenters. The predicted octanol–water partition coefficient (Wildman–Crippen LogP) is 3.56. The first-order valence-electron chi connectivity index (χ1n) is 7.60. The van der Waals surface area contributed by atoms with Gasteiger partial charge >= 0.3 is 0 Å². The van der Waals surface area contributed by atoms with Crippen molar-refractivity contribution in [2.24, 2.45) is 0 Å². The third-order valence-electron chi connectivity index (χ3n) is 3.74. The zero-order valence-electron chi connectivity index (χ0n) is 12.5. The first-order chi connectivity index (χ1) is 9.74. The van der Waals surface area contributed by atoms with E-state index in [-0.39, 0.29) is 0 Å². The molecular formula is C16H25BrN2O. The van der Waals surface area contributed by atoms with Crippen LogP contribution >= 0.6 is 15.9 Å². The minimum atomic E-state index is 0.369. The molecule has 1 N–H and O–H groups in total. The predicted molar refractivity (Wildman–Crippen MR) is 88.4 cm³/mol. The number of morpholine rings is 1. The summed E-state index contributed by atoms with van der Waals surface area (Å²) in [4.78, 5) is 2.42. The average Bonchev–Trinajstić information content (AvgIpc) is 2.49. The molecule has 0 amide bonds. The van der Waals surface area contributed by atoms with Crippen LogP contribution < -0.4 is 10.2 Å². The Morgan fingerprint density at radius 3 is 2.95 bits per heavy atom. The third-order valence-corrected chi connectivity index (χ3v) is 4.48. The van der Waals surface area contributed by atoms with E-state index in [9.17, 15) is 0 Å². The van der Waals surface area contributed by atoms with Gasteiger partial charge in [-0.15, -0.1) is 0 Å². The van der Waals surface area contributed by atoms with Crippen molar-refractivity contribution in [3.8, 4) is 0 Å². The minimum Gasteiger partial charge on any atom is -0.375 e. The lowest BCUT2D eigenvalue weighted by Gasteiger charge is -2.34. The lowest BCUT2D eigenvalue weighted by atomic mass is 10.1. The summed E-state index contributed by atoms with van der Waals surface area (Å²) in [6.45, 7) is 9.17. The first kappa shape index (κ1) is 15.8. The molecule has 112 valence electrons. The van der Waals surface area contributed by atoms with Crippen LogP contribution in [0.1, 0.15) is 32.3 Å². The minimum absolute atomic E-state index is 0.369. The molecule has 1 aromatic rings. The number of hydrogen-bond donors (Lipinski definition) is 1. The molecule has 2 rings (SSSR count). The molecule has 0 saturated carbocycles. The van der Waals surface area contributed by atoms with Crippen LogP contribution in [0.25, 0.3) is 0 Å². The van der Waals surface area contributed by atoms with Crippen molar-refractivity contribution in [3.05, 3.63) is 28.2 Å². The smallest absolute Gasteiger partial charge is 0.0748 e. The van der Waals surface area contributed by atoms with Gasteiger partial charge < -0.3 is 15.0 Å². The summed E-state index contributed by atoms with van der Waals surface area (Å²) < 4.78 is 6.93. The van der Waals surface area contributed by atoms with Crippen molar-refractivity contribution in [3.63, 3.8) is 0 Å². The number of ether oxygens (including phenoxy) is 1. The molecule has 1 saturated heterocycles. The number of anilines is 1. The second-order valence-corrected chi connectivity index (χ2v) is 6.15. The Hall–Kier alpha value is -0.580. The van der Waals surface area contributed by atoms with E-state index >= 15 is 0 Å². The Balaban J connectivity index is 2.00. The first-order valence-corrected chi connectivity index (χ1v) is 8.39. The number of hydrogen-bond acceptors (Lipinski definition) is 3. The fourth-order valence-corrected chi connectivity index (χ4v) is 2.98. The van der Waals surface area contributed by atoms with Gasteiger partial charge in [-0.05, 0) is 37.1 Å². The zero-order chi connectivity index (χ0) is 14.4. The Morgan fingerprint density at radius 1 is 1.40 bits per heavy atom. The van der Waals surface area contributed by atoms with Crippen LogP contribution in [-0.2, 0) is 11.3 Å². The van der Waals surface area contributed by atoms with Crippen LogP contribution in [0.3, 0.4) is 0 Å². The molecule has 1 fully saturated rings. The zero-order valence-corrected chi connectivity index (χ0v) is 14.1. The number of rotatable bonds is 6. The van der Waals surface area contributed by atoms with Gasteiger partial charge in [-0.2, -0.15) is 0 Å². The van der Waals surface area contributed by atoms with Crippen molar-refractivity contribution in [1.29, 1.82) is 0 Å². The summed E-state index contributed by atoms with van der Waals surface area (Å²) in [7, 11) is 0. The molecule has 3 nitrogen and oxygen atoms in total. The monoisotopic (exact) mass is 340 g/mol. The van der Waals surface area contributed by atoms with Crippen LogP contribution in [0.5, 0.6) is 0 Å². The third kappa shape index (κ3) is 4.21. The molecule has 1 heterocycles. The van der Waals surface area contributed by atoms with E-state index in [0.717, 1.165) is 39.2 Å². The van der Waals surface area contributed by atoms with Crippen molar-refractivity contribution in [2.45, 2.75) is 39.3 Å². The van der Waals surface area contributed by atoms with Crippen molar-refractivity contribution in [1.82, 2.24) is 5.32 Å². The topological polar surface area (TPSA) is 24.5 Å². The van der Waals surface area contributed by atoms with Crippen LogP contribution in [0.4, 0.5) is 5.69 Å². The van der Waals surface area contributed by atoms with Crippen molar-refractivity contribution >= 4 is 21.6 Å². The lowest BCUT2D eigenvalue weighted by Crippen LogP contribution is -2.42. The van der Waals surface area contributed by atoms with E-state index in [0.29, 0.717) is 6.10 Å². The van der Waals surface area contributed by atoms with E-state index < -0.39 is 0 Å². The molecular weight excluding hydrogens is 316 g/mol. The quantitative estimate of drug-likeness (QED) is 0.801. The van der Waals surface area contributed by atoms with Gasteiger partial charge in [-0.25, -0.2) is 0 Å². The van der Waals surface area contributed by atoms with Crippen LogP contribution in [0, 0.1) is 0 Å². The number of nitrogens with zero attached hydrogens (tertiary/aromatic N) is 1. The lowest BCUT2D eigenvalue weighted by molar-refractivity contribution is 0.0384. The second-order valence-electron chi connectivity index (χ2n) is 5.30. The highest BCUT2D eigenvalue weighted by molar-refractivity contribution is 9.10. The summed E-state index contributed by atoms with van der Waals surface area (Å²) in [5, 5.41) is 3.44. The van der Waals surface area contributed by atoms with E-state index in [2.05, 4.69) is 58.2 Å². The Morgan fingerprint density at radius 2 is 2.25 bits per heavy atom. The normalized spacial score (nSPS) is 19.4. The SMILES string of the molecule is CCCNCc1ccc(N2CCOC(CC)C2)cc1Br. The fourth-order valence-electron chi connectivity index (χ4n) is 2.48. The average molecular weight is 341 g/mol. The summed E-state index contributed by atoms with van der Waals surface area (Å²) in [5.74, 6) is 0. The molecule has 0 bridgehead atoms. The fraction of sp³-hybridized carbons (Fsp3) is 0.625. The molecule has 20 heavy (non-hydrogen) atoms. The van der Waals surface area contributed by atoms with Crippen molar-refractivity contribution < 1.29 is 4.74 Å². The van der Waals surface area contributed by atoms with Gasteiger partial charge in [0, 0.05) is 29.8 Å². The molecule has 0 aromatic heterocycles.